The summed E-state index contributed by atoms with van der Waals surface area (Å²) in [5.74, 6) is 0.0878. The van der Waals surface area contributed by atoms with Crippen molar-refractivity contribution in [2.24, 2.45) is 0 Å². The van der Waals surface area contributed by atoms with Gasteiger partial charge in [-0.2, -0.15) is 5.10 Å². The Balaban J connectivity index is 1.76. The lowest BCUT2D eigenvalue weighted by Gasteiger charge is -2.25. The summed E-state index contributed by atoms with van der Waals surface area (Å²) in [6, 6.07) is 12.7. The number of pyridine rings is 1. The van der Waals surface area contributed by atoms with Gasteiger partial charge in [-0.25, -0.2) is 22.9 Å². The first kappa shape index (κ1) is 21.3. The molecular weight excluding hydrogens is 440 g/mol. The van der Waals surface area contributed by atoms with E-state index in [9.17, 15) is 13.2 Å². The zero-order valence-corrected chi connectivity index (χ0v) is 18.5. The van der Waals surface area contributed by atoms with E-state index in [2.05, 4.69) is 10.1 Å². The molecule has 3 heterocycles. The summed E-state index contributed by atoms with van der Waals surface area (Å²) in [7, 11) is -2.35. The number of aromatic nitrogens is 3. The van der Waals surface area contributed by atoms with Gasteiger partial charge in [-0.1, -0.05) is 29.8 Å². The highest BCUT2D eigenvalue weighted by molar-refractivity contribution is 7.92. The van der Waals surface area contributed by atoms with Crippen LogP contribution in [-0.2, 0) is 19.4 Å². The maximum Gasteiger partial charge on any atom is 0.328 e. The van der Waals surface area contributed by atoms with Gasteiger partial charge >= 0.3 is 5.97 Å². The molecule has 0 amide bonds. The summed E-state index contributed by atoms with van der Waals surface area (Å²) in [5.41, 5.74) is 1.36. The number of sulfone groups is 1. The van der Waals surface area contributed by atoms with Crippen molar-refractivity contribution in [3.8, 4) is 5.69 Å². The molecule has 0 bridgehead atoms. The summed E-state index contributed by atoms with van der Waals surface area (Å²) >= 11 is 6.05. The van der Waals surface area contributed by atoms with Crippen molar-refractivity contribution in [3.63, 3.8) is 0 Å². The average molecular weight is 461 g/mol. The molecule has 1 aromatic carbocycles. The Bertz CT molecular complexity index is 1210. The second-order valence-corrected chi connectivity index (χ2v) is 9.91. The molecule has 1 aliphatic heterocycles. The molecule has 0 spiro atoms. The van der Waals surface area contributed by atoms with Gasteiger partial charge in [0.15, 0.2) is 9.84 Å². The Morgan fingerprint density at radius 3 is 2.61 bits per heavy atom. The molecule has 2 aromatic heterocycles. The quantitative estimate of drug-likeness (QED) is 0.426. The normalized spacial score (nSPS) is 18.9. The van der Waals surface area contributed by atoms with E-state index >= 15 is 0 Å². The molecule has 1 unspecified atom stereocenters. The van der Waals surface area contributed by atoms with Crippen molar-refractivity contribution in [1.82, 2.24) is 14.8 Å². The van der Waals surface area contributed by atoms with Crippen LogP contribution < -0.4 is 4.90 Å². The van der Waals surface area contributed by atoms with Gasteiger partial charge in [0.25, 0.3) is 0 Å². The third-order valence-corrected chi connectivity index (χ3v) is 7.66. The molecule has 1 aliphatic rings. The number of methoxy groups -OCH3 is 1. The van der Waals surface area contributed by atoms with E-state index in [-0.39, 0.29) is 17.9 Å². The Hall–Kier alpha value is -2.91. The monoisotopic (exact) mass is 460 g/mol. The fourth-order valence-electron chi connectivity index (χ4n) is 3.84. The number of hydrogen-bond donors (Lipinski definition) is 0. The van der Waals surface area contributed by atoms with Crippen molar-refractivity contribution in [3.05, 3.63) is 65.6 Å². The van der Waals surface area contributed by atoms with Crippen LogP contribution >= 0.6 is 11.6 Å². The van der Waals surface area contributed by atoms with Gasteiger partial charge in [0, 0.05) is 24.9 Å². The highest BCUT2D eigenvalue weighted by Gasteiger charge is 2.45. The molecular formula is C21H21ClN4O4S. The van der Waals surface area contributed by atoms with E-state index in [1.165, 1.54) is 7.11 Å². The molecule has 0 saturated carbocycles. The molecule has 2 atom stereocenters. The predicted molar refractivity (Wildman–Crippen MR) is 116 cm³/mol. The number of carbonyl (C=O) groups is 1. The number of anilines is 1. The zero-order chi connectivity index (χ0) is 22.2. The van der Waals surface area contributed by atoms with Gasteiger partial charge in [-0.05, 0) is 31.5 Å². The molecule has 1 fully saturated rings. The highest BCUT2D eigenvalue weighted by atomic mass is 35.5. The topological polar surface area (TPSA) is 94.4 Å². The highest BCUT2D eigenvalue weighted by Crippen LogP contribution is 2.34. The first-order valence-corrected chi connectivity index (χ1v) is 11.6. The SMILES string of the molecule is COC(=O)C1C[C@@H](S(=O)(=O)c2ccccc2)CN1c1cc(C)nn1-c1ccnc(Cl)c1. The van der Waals surface area contributed by atoms with Gasteiger partial charge in [0.2, 0.25) is 0 Å². The number of esters is 1. The first-order chi connectivity index (χ1) is 14.8. The maximum absolute atomic E-state index is 13.2. The summed E-state index contributed by atoms with van der Waals surface area (Å²) in [6.45, 7) is 1.95. The van der Waals surface area contributed by atoms with Crippen molar-refractivity contribution < 1.29 is 17.9 Å². The van der Waals surface area contributed by atoms with Gasteiger partial charge < -0.3 is 9.64 Å². The minimum absolute atomic E-state index is 0.116. The molecule has 0 radical (unpaired) electrons. The van der Waals surface area contributed by atoms with E-state index in [0.717, 1.165) is 0 Å². The summed E-state index contributed by atoms with van der Waals surface area (Å²) < 4.78 is 33.1. The van der Waals surface area contributed by atoms with Crippen LogP contribution in [0.1, 0.15) is 12.1 Å². The summed E-state index contributed by atoms with van der Waals surface area (Å²) in [5, 5.41) is 4.04. The van der Waals surface area contributed by atoms with Crippen LogP contribution in [0.5, 0.6) is 0 Å². The van der Waals surface area contributed by atoms with E-state index in [1.807, 2.05) is 13.0 Å². The lowest BCUT2D eigenvalue weighted by atomic mass is 10.2. The minimum atomic E-state index is -3.64. The minimum Gasteiger partial charge on any atom is -0.467 e. The Morgan fingerprint density at radius 1 is 1.19 bits per heavy atom. The second-order valence-electron chi connectivity index (χ2n) is 7.30. The van der Waals surface area contributed by atoms with Gasteiger partial charge in [0.1, 0.15) is 17.0 Å². The number of rotatable bonds is 5. The standard InChI is InChI=1S/C21H21ClN4O4S/c1-14-10-20(26(24-14)15-8-9-23-19(22)11-15)25-13-17(12-18(25)21(27)30-2)31(28,29)16-6-4-3-5-7-16/h3-11,17-18H,12-13H2,1-2H3/t17-,18?/m1/s1. The largest absolute Gasteiger partial charge is 0.467 e. The number of aryl methyl sites for hydroxylation is 1. The number of nitrogens with zero attached hydrogens (tertiary/aromatic N) is 4. The number of hydrogen-bond acceptors (Lipinski definition) is 7. The van der Waals surface area contributed by atoms with Crippen LogP contribution in [0.15, 0.2) is 59.6 Å². The van der Waals surface area contributed by atoms with E-state index < -0.39 is 27.1 Å². The van der Waals surface area contributed by atoms with Crippen molar-refractivity contribution in [2.75, 3.05) is 18.6 Å². The van der Waals surface area contributed by atoms with Crippen LogP contribution in [0.4, 0.5) is 5.82 Å². The van der Waals surface area contributed by atoms with Gasteiger partial charge in [0.05, 0.1) is 28.6 Å². The smallest absolute Gasteiger partial charge is 0.328 e. The Labute approximate surface area is 185 Å². The molecule has 0 N–H and O–H groups in total. The maximum atomic E-state index is 13.2. The lowest BCUT2D eigenvalue weighted by Crippen LogP contribution is -2.38. The molecule has 10 heteroatoms. The van der Waals surface area contributed by atoms with E-state index in [1.54, 1.807) is 58.2 Å². The third-order valence-electron chi connectivity index (χ3n) is 5.31. The molecule has 8 nitrogen and oxygen atoms in total. The van der Waals surface area contributed by atoms with Crippen LogP contribution in [0, 0.1) is 6.92 Å². The molecule has 1 saturated heterocycles. The van der Waals surface area contributed by atoms with Crippen molar-refractivity contribution >= 4 is 33.2 Å². The molecule has 31 heavy (non-hydrogen) atoms. The Morgan fingerprint density at radius 2 is 1.94 bits per heavy atom. The van der Waals surface area contributed by atoms with E-state index in [4.69, 9.17) is 16.3 Å². The number of carbonyl (C=O) groups excluding carboxylic acids is 1. The van der Waals surface area contributed by atoms with Gasteiger partial charge in [-0.15, -0.1) is 0 Å². The fraction of sp³-hybridized carbons (Fsp3) is 0.286. The lowest BCUT2D eigenvalue weighted by molar-refractivity contribution is -0.141. The number of ether oxygens (including phenoxy) is 1. The zero-order valence-electron chi connectivity index (χ0n) is 17.0. The first-order valence-electron chi connectivity index (χ1n) is 9.63. The number of benzene rings is 1. The van der Waals surface area contributed by atoms with Crippen molar-refractivity contribution in [2.45, 2.75) is 29.5 Å². The molecule has 3 aromatic rings. The van der Waals surface area contributed by atoms with Crippen LogP contribution in [0.3, 0.4) is 0 Å². The van der Waals surface area contributed by atoms with Crippen LogP contribution in [-0.4, -0.2) is 54.1 Å². The van der Waals surface area contributed by atoms with Crippen LogP contribution in [0.2, 0.25) is 5.15 Å². The molecule has 162 valence electrons. The average Bonchev–Trinajstić information content (AvgIpc) is 3.38. The summed E-state index contributed by atoms with van der Waals surface area (Å²) in [4.78, 5) is 18.6. The summed E-state index contributed by atoms with van der Waals surface area (Å²) in [6.07, 6.45) is 1.67. The van der Waals surface area contributed by atoms with E-state index in [0.29, 0.717) is 22.4 Å². The number of halogens is 1. The van der Waals surface area contributed by atoms with Gasteiger partial charge in [-0.3, -0.25) is 0 Å². The molecule has 0 aliphatic carbocycles. The Kier molecular flexibility index (Phi) is 5.72. The molecule has 4 rings (SSSR count). The predicted octanol–water partition coefficient (Wildman–Crippen LogP) is 2.82. The third kappa shape index (κ3) is 4.03. The van der Waals surface area contributed by atoms with Crippen LogP contribution in [0.25, 0.3) is 5.69 Å². The second kappa shape index (κ2) is 8.32. The van der Waals surface area contributed by atoms with Crippen molar-refractivity contribution in [1.29, 1.82) is 0 Å². The fourth-order valence-corrected chi connectivity index (χ4v) is 5.72.